The zero-order valence-electron chi connectivity index (χ0n) is 12.2. The summed E-state index contributed by atoms with van der Waals surface area (Å²) in [5.74, 6) is 0.587. The van der Waals surface area contributed by atoms with Gasteiger partial charge in [-0.2, -0.15) is 5.26 Å². The van der Waals surface area contributed by atoms with Crippen molar-refractivity contribution in [2.45, 2.75) is 12.5 Å². The number of benzene rings is 1. The molecule has 0 saturated carbocycles. The van der Waals surface area contributed by atoms with Gasteiger partial charge in [-0.15, -0.1) is 0 Å². The maximum atomic E-state index is 11.6. The maximum absolute atomic E-state index is 11.6. The van der Waals surface area contributed by atoms with Crippen LogP contribution >= 0.6 is 11.6 Å². The predicted octanol–water partition coefficient (Wildman–Crippen LogP) is 1.52. The minimum absolute atomic E-state index is 0.147. The lowest BCUT2D eigenvalue weighted by Gasteiger charge is -2.39. The van der Waals surface area contributed by atoms with E-state index in [0.29, 0.717) is 16.3 Å². The quantitative estimate of drug-likeness (QED) is 0.817. The van der Waals surface area contributed by atoms with Crippen LogP contribution in [0.3, 0.4) is 0 Å². The second-order valence-corrected chi connectivity index (χ2v) is 8.46. The van der Waals surface area contributed by atoms with Gasteiger partial charge in [0.25, 0.3) is 0 Å². The average Bonchev–Trinajstić information content (AvgIpc) is 2.87. The van der Waals surface area contributed by atoms with Crippen molar-refractivity contribution < 1.29 is 8.42 Å². The van der Waals surface area contributed by atoms with Gasteiger partial charge in [0.1, 0.15) is 6.07 Å². The average molecular weight is 340 g/mol. The first-order valence-corrected chi connectivity index (χ1v) is 9.58. The zero-order valence-corrected chi connectivity index (χ0v) is 13.8. The summed E-state index contributed by atoms with van der Waals surface area (Å²) in [6, 6.07) is 7.69. The van der Waals surface area contributed by atoms with E-state index in [1.54, 1.807) is 18.2 Å². The van der Waals surface area contributed by atoms with Crippen LogP contribution in [0.1, 0.15) is 12.0 Å². The molecule has 1 aromatic rings. The Bertz CT molecular complexity index is 706. The Morgan fingerprint density at radius 3 is 2.55 bits per heavy atom. The van der Waals surface area contributed by atoms with Gasteiger partial charge in [-0.05, 0) is 18.6 Å². The number of anilines is 1. The largest absolute Gasteiger partial charge is 0.367 e. The SMILES string of the molecule is N#Cc1cccc(Cl)c1N1CCN([C@@H]2CCS(=O)(=O)C2)CC1. The summed E-state index contributed by atoms with van der Waals surface area (Å²) in [6.45, 7) is 3.12. The van der Waals surface area contributed by atoms with Crippen molar-refractivity contribution in [1.82, 2.24) is 4.90 Å². The van der Waals surface area contributed by atoms with Gasteiger partial charge < -0.3 is 4.90 Å². The van der Waals surface area contributed by atoms with Gasteiger partial charge in [-0.3, -0.25) is 4.90 Å². The molecule has 0 spiro atoms. The van der Waals surface area contributed by atoms with Crippen LogP contribution < -0.4 is 4.90 Å². The first-order valence-electron chi connectivity index (χ1n) is 7.38. The van der Waals surface area contributed by atoms with Gasteiger partial charge >= 0.3 is 0 Å². The fraction of sp³-hybridized carbons (Fsp3) is 0.533. The molecule has 2 aliphatic rings. The molecular formula is C15H18ClN3O2S. The van der Waals surface area contributed by atoms with Crippen LogP contribution in [-0.2, 0) is 9.84 Å². The second-order valence-electron chi connectivity index (χ2n) is 5.83. The monoisotopic (exact) mass is 339 g/mol. The number of para-hydroxylation sites is 1. The summed E-state index contributed by atoms with van der Waals surface area (Å²) in [6.07, 6.45) is 0.734. The van der Waals surface area contributed by atoms with Gasteiger partial charge in [0.2, 0.25) is 0 Å². The highest BCUT2D eigenvalue weighted by molar-refractivity contribution is 7.91. The molecule has 0 aliphatic carbocycles. The first kappa shape index (κ1) is 15.6. The maximum Gasteiger partial charge on any atom is 0.151 e. The van der Waals surface area contributed by atoms with Gasteiger partial charge in [-0.25, -0.2) is 8.42 Å². The molecule has 0 amide bonds. The Morgan fingerprint density at radius 2 is 1.95 bits per heavy atom. The smallest absolute Gasteiger partial charge is 0.151 e. The van der Waals surface area contributed by atoms with Crippen LogP contribution in [-0.4, -0.2) is 57.0 Å². The fourth-order valence-corrected chi connectivity index (χ4v) is 5.36. The summed E-state index contributed by atoms with van der Waals surface area (Å²) in [4.78, 5) is 4.38. The molecule has 2 heterocycles. The molecule has 2 saturated heterocycles. The van der Waals surface area contributed by atoms with E-state index in [1.165, 1.54) is 0 Å². The van der Waals surface area contributed by atoms with E-state index in [1.807, 2.05) is 0 Å². The van der Waals surface area contributed by atoms with Crippen molar-refractivity contribution in [1.29, 1.82) is 5.26 Å². The highest BCUT2D eigenvalue weighted by Crippen LogP contribution is 2.31. The zero-order chi connectivity index (χ0) is 15.7. The molecule has 0 bridgehead atoms. The van der Waals surface area contributed by atoms with Crippen molar-refractivity contribution in [3.05, 3.63) is 28.8 Å². The molecule has 2 fully saturated rings. The minimum Gasteiger partial charge on any atom is -0.367 e. The van der Waals surface area contributed by atoms with E-state index < -0.39 is 9.84 Å². The van der Waals surface area contributed by atoms with E-state index in [0.717, 1.165) is 38.3 Å². The summed E-state index contributed by atoms with van der Waals surface area (Å²) >= 11 is 6.26. The van der Waals surface area contributed by atoms with Crippen molar-refractivity contribution in [2.75, 3.05) is 42.6 Å². The number of hydrogen-bond acceptors (Lipinski definition) is 5. The van der Waals surface area contributed by atoms with Gasteiger partial charge in [0.05, 0.1) is 27.8 Å². The Kier molecular flexibility index (Phi) is 4.31. The standard InChI is InChI=1S/C15H18ClN3O2S/c16-14-3-1-2-12(10-17)15(14)19-7-5-18(6-8-19)13-4-9-22(20,21)11-13/h1-3,13H,4-9,11H2/t13-/m1/s1. The van der Waals surface area contributed by atoms with Crippen molar-refractivity contribution in [2.24, 2.45) is 0 Å². The third kappa shape index (κ3) is 3.07. The van der Waals surface area contributed by atoms with Gasteiger partial charge in [0.15, 0.2) is 9.84 Å². The Balaban J connectivity index is 1.69. The number of sulfone groups is 1. The molecule has 2 aliphatic heterocycles. The summed E-state index contributed by atoms with van der Waals surface area (Å²) in [7, 11) is -2.85. The molecule has 118 valence electrons. The van der Waals surface area contributed by atoms with Crippen LogP contribution in [0.15, 0.2) is 18.2 Å². The predicted molar refractivity (Wildman–Crippen MR) is 87.0 cm³/mol. The third-order valence-electron chi connectivity index (χ3n) is 4.46. The lowest BCUT2D eigenvalue weighted by Crippen LogP contribution is -2.51. The molecule has 0 N–H and O–H groups in total. The number of hydrogen-bond donors (Lipinski definition) is 0. The number of nitrogens with zero attached hydrogens (tertiary/aromatic N) is 3. The number of nitriles is 1. The van der Waals surface area contributed by atoms with Gasteiger partial charge in [0, 0.05) is 32.2 Å². The molecule has 0 aromatic heterocycles. The van der Waals surface area contributed by atoms with Crippen molar-refractivity contribution >= 4 is 27.1 Å². The number of piperazine rings is 1. The minimum atomic E-state index is -2.85. The fourth-order valence-electron chi connectivity index (χ4n) is 3.30. The topological polar surface area (TPSA) is 64.4 Å². The molecule has 22 heavy (non-hydrogen) atoms. The highest BCUT2D eigenvalue weighted by atomic mass is 35.5. The molecule has 7 heteroatoms. The number of halogens is 1. The summed E-state index contributed by atoms with van der Waals surface area (Å²) in [5.41, 5.74) is 1.38. The number of rotatable bonds is 2. The Hall–Kier alpha value is -1.29. The van der Waals surface area contributed by atoms with Crippen LogP contribution in [0.4, 0.5) is 5.69 Å². The molecule has 0 unspecified atom stereocenters. The van der Waals surface area contributed by atoms with Crippen molar-refractivity contribution in [3.8, 4) is 6.07 Å². The van der Waals surface area contributed by atoms with E-state index in [-0.39, 0.29) is 11.8 Å². The van der Waals surface area contributed by atoms with Crippen LogP contribution in [0.2, 0.25) is 5.02 Å². The van der Waals surface area contributed by atoms with Gasteiger partial charge in [-0.1, -0.05) is 17.7 Å². The van der Waals surface area contributed by atoms with E-state index in [4.69, 9.17) is 11.6 Å². The molecule has 0 radical (unpaired) electrons. The lowest BCUT2D eigenvalue weighted by atomic mass is 10.1. The summed E-state index contributed by atoms with van der Waals surface area (Å²) in [5, 5.41) is 9.84. The highest BCUT2D eigenvalue weighted by Gasteiger charge is 2.34. The molecule has 1 aromatic carbocycles. The van der Waals surface area contributed by atoms with Crippen LogP contribution in [0, 0.1) is 11.3 Å². The Labute approximate surface area is 136 Å². The normalized spacial score (nSPS) is 25.1. The second kappa shape index (κ2) is 6.07. The molecule has 1 atom stereocenters. The third-order valence-corrected chi connectivity index (χ3v) is 6.52. The molecule has 3 rings (SSSR count). The van der Waals surface area contributed by atoms with Crippen LogP contribution in [0.25, 0.3) is 0 Å². The molecule has 5 nitrogen and oxygen atoms in total. The van der Waals surface area contributed by atoms with E-state index >= 15 is 0 Å². The van der Waals surface area contributed by atoms with Crippen molar-refractivity contribution in [3.63, 3.8) is 0 Å². The first-order chi connectivity index (χ1) is 10.5. The van der Waals surface area contributed by atoms with Crippen LogP contribution in [0.5, 0.6) is 0 Å². The summed E-state index contributed by atoms with van der Waals surface area (Å²) < 4.78 is 23.2. The Morgan fingerprint density at radius 1 is 1.23 bits per heavy atom. The van der Waals surface area contributed by atoms with E-state index in [9.17, 15) is 13.7 Å². The lowest BCUT2D eigenvalue weighted by molar-refractivity contribution is 0.200. The van der Waals surface area contributed by atoms with E-state index in [2.05, 4.69) is 15.9 Å². The molecular weight excluding hydrogens is 322 g/mol.